The molecule has 0 aromatic heterocycles. The Hall–Kier alpha value is -1.66. The first-order valence-corrected chi connectivity index (χ1v) is 3.20. The van der Waals surface area contributed by atoms with Crippen molar-refractivity contribution in [2.75, 3.05) is 0 Å². The van der Waals surface area contributed by atoms with Gasteiger partial charge in [0.05, 0.1) is 35.8 Å². The molecular formula is C6CoMnNiO12. The summed E-state index contributed by atoms with van der Waals surface area (Å²) in [5.41, 5.74) is 0. The summed E-state index contributed by atoms with van der Waals surface area (Å²) < 4.78 is 0. The maximum atomic E-state index is 8.93. The molecule has 0 heterocycles. The molecule has 122 valence electrons. The van der Waals surface area contributed by atoms with Gasteiger partial charge in [-0.05, 0) is 0 Å². The first kappa shape index (κ1) is 36.6. The fraction of sp³-hybridized carbons (Fsp3) is 0. The standard InChI is InChI=1S/3C2H2O4.Co.Mn.Ni/c3*3-1(4)2(5)6;;;/h3*(H,3,4)(H,5,6);;;/q;;;3*+2/p-6. The van der Waals surface area contributed by atoms with E-state index in [0.29, 0.717) is 0 Å². The molecule has 0 fully saturated rings. The van der Waals surface area contributed by atoms with E-state index in [0.717, 1.165) is 0 Å². The molecule has 0 saturated carbocycles. The molecule has 15 heteroatoms. The number of aliphatic carboxylic acids is 6. The van der Waals surface area contributed by atoms with Gasteiger partial charge < -0.3 is 59.4 Å². The zero-order chi connectivity index (χ0) is 15.5. The van der Waals surface area contributed by atoms with E-state index < -0.39 is 35.8 Å². The SMILES string of the molecule is O=C([O-])C(=O)[O-].O=C([O-])C(=O)[O-].O=C([O-])C(=O)[O-].[Co+2].[Mn+2].[Ni+2]. The minimum Gasteiger partial charge on any atom is -0.543 e. The molecule has 0 unspecified atom stereocenters. The van der Waals surface area contributed by atoms with Crippen molar-refractivity contribution in [3.63, 3.8) is 0 Å². The Bertz CT molecular complexity index is 289. The van der Waals surface area contributed by atoms with Gasteiger partial charge in [-0.25, -0.2) is 0 Å². The normalized spacial score (nSPS) is 6.29. The zero-order valence-corrected chi connectivity index (χ0v) is 12.1. The molecule has 0 amide bonds. The summed E-state index contributed by atoms with van der Waals surface area (Å²) in [6.07, 6.45) is 0. The van der Waals surface area contributed by atoms with Crippen LogP contribution in [0.25, 0.3) is 0 Å². The number of hydrogen-bond acceptors (Lipinski definition) is 12. The third-order valence-corrected chi connectivity index (χ3v) is 0.500. The molecule has 0 N–H and O–H groups in total. The summed E-state index contributed by atoms with van der Waals surface area (Å²) in [5.74, 6) is -13.1. The van der Waals surface area contributed by atoms with Crippen LogP contribution in [0.5, 0.6) is 0 Å². The van der Waals surface area contributed by atoms with Gasteiger partial charge in [0.2, 0.25) is 0 Å². The Morgan fingerprint density at radius 2 is 0.476 bits per heavy atom. The van der Waals surface area contributed by atoms with Crippen LogP contribution >= 0.6 is 0 Å². The number of carboxylic acids is 6. The molecule has 0 aliphatic carbocycles. The topological polar surface area (TPSA) is 241 Å². The summed E-state index contributed by atoms with van der Waals surface area (Å²) in [4.78, 5) is 53.6. The van der Waals surface area contributed by atoms with Crippen LogP contribution < -0.4 is 30.6 Å². The molecule has 0 aliphatic rings. The van der Waals surface area contributed by atoms with Crippen LogP contribution in [0.3, 0.4) is 0 Å². The van der Waals surface area contributed by atoms with Gasteiger partial charge in [-0.2, -0.15) is 0 Å². The molecule has 0 aliphatic heterocycles. The maximum Gasteiger partial charge on any atom is 2.00 e. The summed E-state index contributed by atoms with van der Waals surface area (Å²) in [7, 11) is 0. The van der Waals surface area contributed by atoms with Crippen molar-refractivity contribution in [3.8, 4) is 0 Å². The number of hydrogen-bond donors (Lipinski definition) is 0. The van der Waals surface area contributed by atoms with E-state index in [4.69, 9.17) is 59.4 Å². The second-order valence-corrected chi connectivity index (χ2v) is 1.72. The molecule has 0 atom stereocenters. The van der Waals surface area contributed by atoms with Crippen molar-refractivity contribution in [1.29, 1.82) is 0 Å². The van der Waals surface area contributed by atoms with Crippen LogP contribution in [-0.4, -0.2) is 35.8 Å². The molecule has 0 bridgehead atoms. The Kier molecular flexibility index (Phi) is 36.0. The minimum absolute atomic E-state index is 0. The van der Waals surface area contributed by atoms with Crippen LogP contribution in [0.1, 0.15) is 0 Å². The van der Waals surface area contributed by atoms with Crippen LogP contribution in [0, 0.1) is 0 Å². The largest absolute Gasteiger partial charge is 2.00 e. The average molecular weight is 437 g/mol. The maximum absolute atomic E-state index is 8.93. The van der Waals surface area contributed by atoms with Gasteiger partial charge in [0.1, 0.15) is 0 Å². The second-order valence-electron chi connectivity index (χ2n) is 1.72. The molecule has 21 heavy (non-hydrogen) atoms. The second kappa shape index (κ2) is 20.7. The van der Waals surface area contributed by atoms with E-state index in [2.05, 4.69) is 0 Å². The van der Waals surface area contributed by atoms with E-state index >= 15 is 0 Å². The van der Waals surface area contributed by atoms with Crippen LogP contribution in [0.15, 0.2) is 0 Å². The number of carboxylic acid groups (broad SMARTS) is 6. The molecular weight excluding hydrogens is 437 g/mol. The Morgan fingerprint density at radius 3 is 0.476 bits per heavy atom. The fourth-order valence-electron chi connectivity index (χ4n) is 0. The smallest absolute Gasteiger partial charge is 0.543 e. The van der Waals surface area contributed by atoms with Crippen molar-refractivity contribution >= 4 is 35.8 Å². The first-order chi connectivity index (χ1) is 7.93. The van der Waals surface area contributed by atoms with Crippen molar-refractivity contribution in [1.82, 2.24) is 0 Å². The van der Waals surface area contributed by atoms with Crippen molar-refractivity contribution in [2.45, 2.75) is 0 Å². The minimum atomic E-state index is -2.19. The summed E-state index contributed by atoms with van der Waals surface area (Å²) in [5, 5.41) is 53.6. The molecule has 12 nitrogen and oxygen atoms in total. The van der Waals surface area contributed by atoms with E-state index in [9.17, 15) is 0 Å². The number of carbonyl (C=O) groups is 6. The summed E-state index contributed by atoms with van der Waals surface area (Å²) >= 11 is 0. The number of rotatable bonds is 0. The van der Waals surface area contributed by atoms with Crippen molar-refractivity contribution in [3.05, 3.63) is 0 Å². The van der Waals surface area contributed by atoms with E-state index in [1.54, 1.807) is 0 Å². The molecule has 0 aromatic rings. The molecule has 0 rings (SSSR count). The average Bonchev–Trinajstić information content (AvgIpc) is 2.18. The summed E-state index contributed by atoms with van der Waals surface area (Å²) in [6.45, 7) is 0. The van der Waals surface area contributed by atoms with Crippen LogP contribution in [0.4, 0.5) is 0 Å². The zero-order valence-electron chi connectivity index (χ0n) is 8.93. The number of carbonyl (C=O) groups excluding carboxylic acids is 6. The van der Waals surface area contributed by atoms with Crippen LogP contribution in [-0.2, 0) is 79.1 Å². The predicted molar refractivity (Wildman–Crippen MR) is 30.0 cm³/mol. The van der Waals surface area contributed by atoms with Gasteiger partial charge in [-0.3, -0.25) is 0 Å². The van der Waals surface area contributed by atoms with Gasteiger partial charge >= 0.3 is 50.3 Å². The quantitative estimate of drug-likeness (QED) is 0.254. The van der Waals surface area contributed by atoms with Gasteiger partial charge in [-0.15, -0.1) is 0 Å². The molecule has 0 aromatic carbocycles. The van der Waals surface area contributed by atoms with Gasteiger partial charge in [0, 0.05) is 0 Å². The van der Waals surface area contributed by atoms with E-state index in [1.807, 2.05) is 0 Å². The predicted octanol–water partition coefficient (Wildman–Crippen LogP) is -10.5. The van der Waals surface area contributed by atoms with Crippen LogP contribution in [0.2, 0.25) is 0 Å². The summed E-state index contributed by atoms with van der Waals surface area (Å²) in [6, 6.07) is 0. The third kappa shape index (κ3) is 45.8. The Morgan fingerprint density at radius 1 is 0.429 bits per heavy atom. The molecule has 0 spiro atoms. The molecule has 0 saturated heterocycles. The van der Waals surface area contributed by atoms with Crippen molar-refractivity contribution in [2.24, 2.45) is 0 Å². The van der Waals surface area contributed by atoms with E-state index in [1.165, 1.54) is 0 Å². The van der Waals surface area contributed by atoms with Crippen molar-refractivity contribution < 1.29 is 110 Å². The fourth-order valence-corrected chi connectivity index (χ4v) is 0. The van der Waals surface area contributed by atoms with Gasteiger partial charge in [-0.1, -0.05) is 0 Å². The molecule has 2 radical (unpaired) electrons. The van der Waals surface area contributed by atoms with E-state index in [-0.39, 0.29) is 50.3 Å². The Labute approximate surface area is 145 Å². The Balaban J connectivity index is -0.0000000375. The third-order valence-electron chi connectivity index (χ3n) is 0.500. The van der Waals surface area contributed by atoms with Gasteiger partial charge in [0.25, 0.3) is 0 Å². The first-order valence-electron chi connectivity index (χ1n) is 3.20. The van der Waals surface area contributed by atoms with Gasteiger partial charge in [0.15, 0.2) is 0 Å². The monoisotopic (exact) mass is 436 g/mol.